The van der Waals surface area contributed by atoms with Crippen molar-refractivity contribution in [2.45, 2.75) is 12.2 Å². The normalized spacial score (nSPS) is 12.9. The van der Waals surface area contributed by atoms with Crippen molar-refractivity contribution in [2.75, 3.05) is 0 Å². The van der Waals surface area contributed by atoms with Gasteiger partial charge in [-0.3, -0.25) is 0 Å². The number of aliphatic carboxylic acids is 2. The Labute approximate surface area is 113 Å². The molecule has 0 bridgehead atoms. The first-order valence-corrected chi connectivity index (χ1v) is 5.40. The number of carboxylic acids is 2. The second kappa shape index (κ2) is 7.12. The van der Waals surface area contributed by atoms with E-state index in [-0.39, 0.29) is 0 Å². The van der Waals surface area contributed by atoms with E-state index in [0.29, 0.717) is 0 Å². The molecule has 0 aliphatic carbocycles. The molecule has 2 atom stereocenters. The molecule has 2 rings (SSSR count). The zero-order chi connectivity index (χ0) is 15.1. The number of aliphatic hydroxyl groups excluding tert-OH is 2. The topological polar surface area (TPSA) is 141 Å². The molecule has 8 nitrogen and oxygen atoms in total. The molecule has 0 aliphatic heterocycles. The molecule has 0 spiro atoms. The van der Waals surface area contributed by atoms with Gasteiger partial charge in [-0.05, 0) is 6.07 Å². The molecule has 2 unspecified atom stereocenters. The zero-order valence-corrected chi connectivity index (χ0v) is 10.1. The molecule has 0 radical (unpaired) electrons. The van der Waals surface area contributed by atoms with Gasteiger partial charge < -0.3 is 20.4 Å². The van der Waals surface area contributed by atoms with E-state index in [9.17, 15) is 9.59 Å². The van der Waals surface area contributed by atoms with Gasteiger partial charge in [0.2, 0.25) is 0 Å². The van der Waals surface area contributed by atoms with Crippen LogP contribution in [0.3, 0.4) is 0 Å². The van der Waals surface area contributed by atoms with E-state index >= 15 is 0 Å². The van der Waals surface area contributed by atoms with Crippen LogP contribution < -0.4 is 0 Å². The minimum Gasteiger partial charge on any atom is -0.479 e. The SMILES string of the molecule is O=C(O)C(O)C(O)C(=O)O.c1ccc2ncncc2c1. The van der Waals surface area contributed by atoms with Gasteiger partial charge in [-0.1, -0.05) is 18.2 Å². The summed E-state index contributed by atoms with van der Waals surface area (Å²) < 4.78 is 0. The van der Waals surface area contributed by atoms with Gasteiger partial charge >= 0.3 is 11.9 Å². The summed E-state index contributed by atoms with van der Waals surface area (Å²) in [7, 11) is 0. The molecule has 8 heteroatoms. The van der Waals surface area contributed by atoms with Crippen molar-refractivity contribution in [1.82, 2.24) is 9.97 Å². The maximum atomic E-state index is 9.77. The van der Waals surface area contributed by atoms with E-state index in [2.05, 4.69) is 9.97 Å². The second-order valence-corrected chi connectivity index (χ2v) is 3.65. The van der Waals surface area contributed by atoms with Gasteiger partial charge in [0, 0.05) is 11.6 Å². The number of benzene rings is 1. The standard InChI is InChI=1S/C8H6N2.C4H6O6/c1-2-4-8-7(3-1)5-9-6-10-8;5-1(3(7)8)2(6)4(9)10/h1-6H;1-2,5-6H,(H,7,8)(H,9,10). The fourth-order valence-corrected chi connectivity index (χ4v) is 1.19. The average Bonchev–Trinajstić information content (AvgIpc) is 2.46. The van der Waals surface area contributed by atoms with E-state index in [4.69, 9.17) is 20.4 Å². The Morgan fingerprint density at radius 3 is 2.05 bits per heavy atom. The monoisotopic (exact) mass is 280 g/mol. The molecule has 0 fully saturated rings. The predicted molar refractivity (Wildman–Crippen MR) is 66.8 cm³/mol. The first-order valence-electron chi connectivity index (χ1n) is 5.40. The molecule has 0 saturated heterocycles. The summed E-state index contributed by atoms with van der Waals surface area (Å²) in [5, 5.41) is 33.6. The lowest BCUT2D eigenvalue weighted by Gasteiger charge is -2.07. The van der Waals surface area contributed by atoms with Crippen LogP contribution in [0.15, 0.2) is 36.8 Å². The van der Waals surface area contributed by atoms with Gasteiger partial charge in [0.05, 0.1) is 5.52 Å². The summed E-state index contributed by atoms with van der Waals surface area (Å²) in [5.41, 5.74) is 0.998. The van der Waals surface area contributed by atoms with Crippen LogP contribution in [0.4, 0.5) is 0 Å². The lowest BCUT2D eigenvalue weighted by Crippen LogP contribution is -2.39. The fraction of sp³-hybridized carbons (Fsp3) is 0.167. The Kier molecular flexibility index (Phi) is 5.51. The highest BCUT2D eigenvalue weighted by Gasteiger charge is 2.29. The van der Waals surface area contributed by atoms with Gasteiger partial charge in [0.1, 0.15) is 6.33 Å². The number of carboxylic acid groups (broad SMARTS) is 2. The predicted octanol–water partition coefficient (Wildman–Crippen LogP) is -0.493. The first-order chi connectivity index (χ1) is 9.43. The number of carbonyl (C=O) groups is 2. The lowest BCUT2D eigenvalue weighted by atomic mass is 10.2. The number of hydrogen-bond donors (Lipinski definition) is 4. The van der Waals surface area contributed by atoms with Crippen molar-refractivity contribution in [2.24, 2.45) is 0 Å². The van der Waals surface area contributed by atoms with Crippen LogP contribution in [-0.2, 0) is 9.59 Å². The Morgan fingerprint density at radius 1 is 1.00 bits per heavy atom. The van der Waals surface area contributed by atoms with Gasteiger partial charge in [0.15, 0.2) is 12.2 Å². The zero-order valence-electron chi connectivity index (χ0n) is 10.1. The number of fused-ring (bicyclic) bond motifs is 1. The third-order valence-corrected chi connectivity index (χ3v) is 2.22. The molecule has 0 amide bonds. The van der Waals surface area contributed by atoms with Gasteiger partial charge in [-0.25, -0.2) is 19.6 Å². The van der Waals surface area contributed by atoms with Crippen LogP contribution in [-0.4, -0.2) is 54.5 Å². The summed E-state index contributed by atoms with van der Waals surface area (Å²) in [6.45, 7) is 0. The molecular formula is C12H12N2O6. The van der Waals surface area contributed by atoms with E-state index in [0.717, 1.165) is 10.9 Å². The first kappa shape index (κ1) is 15.5. The average molecular weight is 280 g/mol. The molecule has 0 saturated carbocycles. The molecule has 0 aliphatic rings. The molecule has 1 heterocycles. The van der Waals surface area contributed by atoms with Crippen LogP contribution in [0.1, 0.15) is 0 Å². The van der Waals surface area contributed by atoms with Crippen molar-refractivity contribution in [3.63, 3.8) is 0 Å². The van der Waals surface area contributed by atoms with Crippen LogP contribution >= 0.6 is 0 Å². The van der Waals surface area contributed by atoms with E-state index < -0.39 is 24.1 Å². The van der Waals surface area contributed by atoms with Gasteiger partial charge in [-0.15, -0.1) is 0 Å². The molecule has 106 valence electrons. The number of para-hydroxylation sites is 1. The molecule has 4 N–H and O–H groups in total. The summed E-state index contributed by atoms with van der Waals surface area (Å²) in [6.07, 6.45) is -1.17. The summed E-state index contributed by atoms with van der Waals surface area (Å²) in [6, 6.07) is 7.91. The Morgan fingerprint density at radius 2 is 1.55 bits per heavy atom. The highest BCUT2D eigenvalue weighted by atomic mass is 16.4. The Hall–Kier alpha value is -2.58. The lowest BCUT2D eigenvalue weighted by molar-refractivity contribution is -0.165. The number of hydrogen-bond acceptors (Lipinski definition) is 6. The van der Waals surface area contributed by atoms with Crippen LogP contribution in [0.2, 0.25) is 0 Å². The highest BCUT2D eigenvalue weighted by Crippen LogP contribution is 2.06. The number of rotatable bonds is 3. The number of aliphatic hydroxyl groups is 2. The quantitative estimate of drug-likeness (QED) is 0.590. The largest absolute Gasteiger partial charge is 0.479 e. The van der Waals surface area contributed by atoms with Gasteiger partial charge in [-0.2, -0.15) is 0 Å². The van der Waals surface area contributed by atoms with Gasteiger partial charge in [0.25, 0.3) is 0 Å². The molecule has 1 aromatic heterocycles. The smallest absolute Gasteiger partial charge is 0.335 e. The fourth-order valence-electron chi connectivity index (χ4n) is 1.19. The Bertz CT molecular complexity index is 520. The maximum absolute atomic E-state index is 9.77. The molecule has 20 heavy (non-hydrogen) atoms. The minimum absolute atomic E-state index is 0.998. The number of nitrogens with zero attached hydrogens (tertiary/aromatic N) is 2. The van der Waals surface area contributed by atoms with Crippen molar-refractivity contribution >= 4 is 22.8 Å². The highest BCUT2D eigenvalue weighted by molar-refractivity contribution is 5.83. The molecular weight excluding hydrogens is 268 g/mol. The van der Waals surface area contributed by atoms with Crippen LogP contribution in [0.5, 0.6) is 0 Å². The van der Waals surface area contributed by atoms with E-state index in [1.807, 2.05) is 30.5 Å². The third kappa shape index (κ3) is 4.26. The summed E-state index contributed by atoms with van der Waals surface area (Å²) in [5.74, 6) is -3.54. The van der Waals surface area contributed by atoms with E-state index in [1.165, 1.54) is 0 Å². The summed E-state index contributed by atoms with van der Waals surface area (Å²) in [4.78, 5) is 27.5. The molecule has 2 aromatic rings. The van der Waals surface area contributed by atoms with E-state index in [1.54, 1.807) is 6.33 Å². The summed E-state index contributed by atoms with van der Waals surface area (Å²) >= 11 is 0. The second-order valence-electron chi connectivity index (χ2n) is 3.65. The van der Waals surface area contributed by atoms with Crippen molar-refractivity contribution in [3.8, 4) is 0 Å². The Balaban J connectivity index is 0.000000200. The van der Waals surface area contributed by atoms with Crippen molar-refractivity contribution < 1.29 is 30.0 Å². The maximum Gasteiger partial charge on any atom is 0.335 e. The van der Waals surface area contributed by atoms with Crippen LogP contribution in [0.25, 0.3) is 10.9 Å². The van der Waals surface area contributed by atoms with Crippen LogP contribution in [0, 0.1) is 0 Å². The molecule has 1 aromatic carbocycles. The number of aromatic nitrogens is 2. The minimum atomic E-state index is -2.27. The van der Waals surface area contributed by atoms with Crippen molar-refractivity contribution in [3.05, 3.63) is 36.8 Å². The third-order valence-electron chi connectivity index (χ3n) is 2.22. The van der Waals surface area contributed by atoms with Crippen molar-refractivity contribution in [1.29, 1.82) is 0 Å².